The van der Waals surface area contributed by atoms with Crippen LogP contribution < -0.4 is 0 Å². The smallest absolute Gasteiger partial charge is 0.250 e. The number of alkyl halides is 3. The lowest BCUT2D eigenvalue weighted by Gasteiger charge is -2.09. The molecule has 0 aromatic carbocycles. The number of sulfone groups is 1. The molecule has 1 aliphatic rings. The van der Waals surface area contributed by atoms with E-state index in [2.05, 4.69) is 0 Å². The monoisotopic (exact) mass is 231 g/mol. The van der Waals surface area contributed by atoms with Crippen molar-refractivity contribution in [2.75, 3.05) is 27.2 Å². The van der Waals surface area contributed by atoms with Gasteiger partial charge in [0.25, 0.3) is 0 Å². The van der Waals surface area contributed by atoms with Crippen molar-refractivity contribution >= 4 is 15.0 Å². The third-order valence-corrected chi connectivity index (χ3v) is 3.68. The zero-order chi connectivity index (χ0) is 11.1. The van der Waals surface area contributed by atoms with Crippen LogP contribution in [-0.2, 0) is 9.84 Å². The average molecular weight is 231 g/mol. The van der Waals surface area contributed by atoms with E-state index < -0.39 is 20.5 Å². The van der Waals surface area contributed by atoms with Crippen LogP contribution in [0.2, 0.25) is 0 Å². The van der Waals surface area contributed by atoms with Gasteiger partial charge in [0.05, 0.1) is 14.1 Å². The number of halogens is 3. The highest BCUT2D eigenvalue weighted by Gasteiger charge is 2.56. The minimum Gasteiger partial charge on any atom is -0.250 e. The van der Waals surface area contributed by atoms with Crippen LogP contribution >= 0.6 is 0 Å². The topological polar surface area (TPSA) is 40.4 Å². The number of nitrogens with zero attached hydrogens (tertiary/aromatic N) is 2. The second-order valence-corrected chi connectivity index (χ2v) is 4.91. The van der Waals surface area contributed by atoms with Gasteiger partial charge in [0.15, 0.2) is 0 Å². The molecule has 0 unspecified atom stereocenters. The molecule has 0 radical (unpaired) electrons. The number of amidine groups is 1. The standard InChI is InChI=1S/C6H10F3N2O2S/c1-10-3-4-11(2)5(10)14(12,13)6(7,8)9/h3-4H2,1-2H3/q+1. The molecule has 0 atom stereocenters. The van der Waals surface area contributed by atoms with E-state index in [0.717, 1.165) is 9.48 Å². The predicted molar refractivity (Wildman–Crippen MR) is 43.7 cm³/mol. The van der Waals surface area contributed by atoms with Gasteiger partial charge in [0.1, 0.15) is 13.1 Å². The van der Waals surface area contributed by atoms with E-state index in [1.807, 2.05) is 0 Å². The molecule has 0 saturated carbocycles. The lowest BCUT2D eigenvalue weighted by Crippen LogP contribution is -2.40. The van der Waals surface area contributed by atoms with Crippen LogP contribution in [-0.4, -0.2) is 55.8 Å². The Kier molecular flexibility index (Phi) is 2.51. The molecule has 14 heavy (non-hydrogen) atoms. The number of rotatable bonds is 0. The van der Waals surface area contributed by atoms with Crippen LogP contribution in [0.3, 0.4) is 0 Å². The first-order valence-electron chi connectivity index (χ1n) is 3.78. The molecule has 82 valence electrons. The minimum atomic E-state index is -5.23. The van der Waals surface area contributed by atoms with Gasteiger partial charge in [-0.1, -0.05) is 0 Å². The molecule has 0 spiro atoms. The molecule has 0 fully saturated rings. The summed E-state index contributed by atoms with van der Waals surface area (Å²) >= 11 is 0. The van der Waals surface area contributed by atoms with E-state index >= 15 is 0 Å². The molecule has 1 rings (SSSR count). The number of hydrogen-bond donors (Lipinski definition) is 0. The molecule has 4 nitrogen and oxygen atoms in total. The summed E-state index contributed by atoms with van der Waals surface area (Å²) in [5.41, 5.74) is -5.23. The Morgan fingerprint density at radius 1 is 1.43 bits per heavy atom. The summed E-state index contributed by atoms with van der Waals surface area (Å²) in [7, 11) is -2.56. The Hall–Kier alpha value is -0.790. The fourth-order valence-electron chi connectivity index (χ4n) is 1.30. The van der Waals surface area contributed by atoms with Crippen molar-refractivity contribution in [1.82, 2.24) is 4.90 Å². The first-order valence-corrected chi connectivity index (χ1v) is 5.27. The van der Waals surface area contributed by atoms with Crippen molar-refractivity contribution in [3.63, 3.8) is 0 Å². The van der Waals surface area contributed by atoms with Gasteiger partial charge in [-0.05, 0) is 0 Å². The summed E-state index contributed by atoms with van der Waals surface area (Å²) in [6.45, 7) is 0.558. The molecular weight excluding hydrogens is 221 g/mol. The third kappa shape index (κ3) is 1.58. The molecule has 0 saturated heterocycles. The molecule has 0 aromatic rings. The third-order valence-electron chi connectivity index (χ3n) is 1.97. The van der Waals surface area contributed by atoms with E-state index in [9.17, 15) is 21.6 Å². The van der Waals surface area contributed by atoms with E-state index in [0.29, 0.717) is 0 Å². The van der Waals surface area contributed by atoms with Crippen molar-refractivity contribution in [2.24, 2.45) is 0 Å². The quantitative estimate of drug-likeness (QED) is 0.545. The Morgan fingerprint density at radius 3 is 2.21 bits per heavy atom. The van der Waals surface area contributed by atoms with Crippen molar-refractivity contribution in [3.05, 3.63) is 0 Å². The van der Waals surface area contributed by atoms with Crippen LogP contribution in [0.15, 0.2) is 0 Å². The highest BCUT2D eigenvalue weighted by Crippen LogP contribution is 2.26. The second-order valence-electron chi connectivity index (χ2n) is 3.07. The van der Waals surface area contributed by atoms with Gasteiger partial charge in [-0.3, -0.25) is 9.48 Å². The Balaban J connectivity index is 3.25. The minimum absolute atomic E-state index is 0.279. The molecule has 0 aromatic heterocycles. The maximum absolute atomic E-state index is 12.2. The first kappa shape index (κ1) is 11.3. The van der Waals surface area contributed by atoms with Gasteiger partial charge in [0, 0.05) is 0 Å². The fraction of sp³-hybridized carbons (Fsp3) is 0.833. The summed E-state index contributed by atoms with van der Waals surface area (Å²) in [6, 6.07) is 0. The summed E-state index contributed by atoms with van der Waals surface area (Å²) in [4.78, 5) is 1.09. The number of hydrogen-bond acceptors (Lipinski definition) is 3. The molecule has 0 amide bonds. The largest absolute Gasteiger partial charge is 0.509 e. The van der Waals surface area contributed by atoms with Gasteiger partial charge < -0.3 is 0 Å². The van der Waals surface area contributed by atoms with Gasteiger partial charge >= 0.3 is 20.5 Å². The zero-order valence-electron chi connectivity index (χ0n) is 7.67. The van der Waals surface area contributed by atoms with E-state index in [1.165, 1.54) is 14.1 Å². The summed E-state index contributed by atoms with van der Waals surface area (Å²) in [6.07, 6.45) is 0. The van der Waals surface area contributed by atoms with Crippen LogP contribution in [0.5, 0.6) is 0 Å². The van der Waals surface area contributed by atoms with Gasteiger partial charge in [-0.15, -0.1) is 0 Å². The Morgan fingerprint density at radius 2 is 1.93 bits per heavy atom. The lowest BCUT2D eigenvalue weighted by atomic mass is 10.6. The molecule has 8 heteroatoms. The molecule has 1 aliphatic heterocycles. The van der Waals surface area contributed by atoms with Crippen LogP contribution in [0, 0.1) is 0 Å². The highest BCUT2D eigenvalue weighted by atomic mass is 32.2. The summed E-state index contributed by atoms with van der Waals surface area (Å²) in [5.74, 6) is 0. The predicted octanol–water partition coefficient (Wildman–Crippen LogP) is -0.135. The van der Waals surface area contributed by atoms with Crippen LogP contribution in [0.1, 0.15) is 0 Å². The zero-order valence-corrected chi connectivity index (χ0v) is 8.48. The molecular formula is C6H10F3N2O2S+. The van der Waals surface area contributed by atoms with Crippen molar-refractivity contribution in [2.45, 2.75) is 5.51 Å². The molecule has 0 N–H and O–H groups in total. The lowest BCUT2D eigenvalue weighted by molar-refractivity contribution is -0.484. The van der Waals surface area contributed by atoms with Gasteiger partial charge in [0.2, 0.25) is 0 Å². The Labute approximate surface area is 79.5 Å². The van der Waals surface area contributed by atoms with Crippen molar-refractivity contribution in [1.29, 1.82) is 0 Å². The van der Waals surface area contributed by atoms with Gasteiger partial charge in [-0.2, -0.15) is 13.2 Å². The van der Waals surface area contributed by atoms with E-state index in [-0.39, 0.29) is 13.1 Å². The van der Waals surface area contributed by atoms with Gasteiger partial charge in [-0.25, -0.2) is 8.42 Å². The van der Waals surface area contributed by atoms with E-state index in [1.54, 1.807) is 0 Å². The number of likely N-dealkylation sites (N-methyl/N-ethyl adjacent to an activating group) is 2. The maximum Gasteiger partial charge on any atom is 0.509 e. The summed E-state index contributed by atoms with van der Waals surface area (Å²) in [5, 5.41) is -0.676. The normalized spacial score (nSPS) is 19.4. The highest BCUT2D eigenvalue weighted by molar-refractivity contribution is 8.06. The Bertz CT molecular complexity index is 371. The SMILES string of the molecule is CN1CC[N+](C)=C1S(=O)(=O)C(F)(F)F. The maximum atomic E-state index is 12.2. The van der Waals surface area contributed by atoms with Crippen molar-refractivity contribution < 1.29 is 26.2 Å². The average Bonchev–Trinajstić information content (AvgIpc) is 2.28. The fourth-order valence-corrected chi connectivity index (χ4v) is 2.51. The summed E-state index contributed by atoms with van der Waals surface area (Å²) < 4.78 is 59.7. The van der Waals surface area contributed by atoms with E-state index in [4.69, 9.17) is 0 Å². The molecule has 0 aliphatic carbocycles. The second kappa shape index (κ2) is 3.11. The van der Waals surface area contributed by atoms with Crippen LogP contribution in [0.4, 0.5) is 13.2 Å². The molecule has 0 bridgehead atoms. The van der Waals surface area contributed by atoms with Crippen molar-refractivity contribution in [3.8, 4) is 0 Å². The molecule has 1 heterocycles. The van der Waals surface area contributed by atoms with Crippen LogP contribution in [0.25, 0.3) is 0 Å². The first-order chi connectivity index (χ1) is 6.18.